The fourth-order valence-electron chi connectivity index (χ4n) is 2.08. The monoisotopic (exact) mass is 282 g/mol. The molecule has 0 saturated carbocycles. The molecule has 0 bridgehead atoms. The normalized spacial score (nSPS) is 12.9. The molecule has 0 aliphatic carbocycles. The van der Waals surface area contributed by atoms with Crippen LogP contribution in [0.5, 0.6) is 0 Å². The van der Waals surface area contributed by atoms with Crippen molar-refractivity contribution in [1.82, 2.24) is 5.32 Å². The number of hydrogen-bond donors (Lipinski definition) is 3. The first-order chi connectivity index (χ1) is 9.19. The number of hydrogen-bond acceptors (Lipinski definition) is 2. The molecular formula is C15H23FN2O2. The number of urea groups is 1. The number of aliphatic hydroxyl groups excluding tert-OH is 1. The molecular weight excluding hydrogens is 259 g/mol. The molecule has 0 saturated heterocycles. The van der Waals surface area contributed by atoms with E-state index in [1.165, 1.54) is 12.1 Å². The first-order valence-electron chi connectivity index (χ1n) is 6.69. The van der Waals surface area contributed by atoms with E-state index < -0.39 is 18.0 Å². The van der Waals surface area contributed by atoms with Crippen LogP contribution in [-0.4, -0.2) is 23.8 Å². The van der Waals surface area contributed by atoms with E-state index in [1.807, 2.05) is 13.8 Å². The molecule has 0 aromatic heterocycles. The maximum Gasteiger partial charge on any atom is 0.319 e. The van der Waals surface area contributed by atoms with Gasteiger partial charge in [-0.15, -0.1) is 0 Å². The van der Waals surface area contributed by atoms with Crippen LogP contribution in [0, 0.1) is 18.2 Å². The smallest absolute Gasteiger partial charge is 0.319 e. The molecule has 1 aromatic rings. The molecule has 112 valence electrons. The minimum absolute atomic E-state index is 0.154. The van der Waals surface area contributed by atoms with Crippen molar-refractivity contribution in [1.29, 1.82) is 0 Å². The summed E-state index contributed by atoms with van der Waals surface area (Å²) in [6.45, 7) is 7.80. The van der Waals surface area contributed by atoms with E-state index in [0.29, 0.717) is 13.0 Å². The van der Waals surface area contributed by atoms with Crippen molar-refractivity contribution >= 4 is 11.7 Å². The lowest BCUT2D eigenvalue weighted by atomic mass is 9.87. The Morgan fingerprint density at radius 3 is 2.65 bits per heavy atom. The summed E-state index contributed by atoms with van der Waals surface area (Å²) in [5.74, 6) is -0.455. The number of nitrogens with one attached hydrogen (secondary N) is 2. The van der Waals surface area contributed by atoms with Crippen molar-refractivity contribution in [3.8, 4) is 0 Å². The van der Waals surface area contributed by atoms with Crippen LogP contribution in [0.25, 0.3) is 0 Å². The highest BCUT2D eigenvalue weighted by molar-refractivity contribution is 5.89. The molecule has 1 rings (SSSR count). The third-order valence-corrected chi connectivity index (χ3v) is 2.95. The third kappa shape index (κ3) is 5.57. The van der Waals surface area contributed by atoms with Crippen molar-refractivity contribution < 1.29 is 14.3 Å². The zero-order valence-electron chi connectivity index (χ0n) is 12.5. The molecule has 0 aliphatic heterocycles. The summed E-state index contributed by atoms with van der Waals surface area (Å²) in [6, 6.07) is 4.18. The van der Waals surface area contributed by atoms with Crippen LogP contribution < -0.4 is 10.6 Å². The fourth-order valence-corrected chi connectivity index (χ4v) is 2.08. The van der Waals surface area contributed by atoms with Gasteiger partial charge in [-0.3, -0.25) is 0 Å². The zero-order chi connectivity index (χ0) is 15.3. The van der Waals surface area contributed by atoms with Crippen molar-refractivity contribution in [3.63, 3.8) is 0 Å². The van der Waals surface area contributed by atoms with E-state index in [9.17, 15) is 14.3 Å². The van der Waals surface area contributed by atoms with E-state index >= 15 is 0 Å². The second kappa shape index (κ2) is 6.70. The van der Waals surface area contributed by atoms with Gasteiger partial charge >= 0.3 is 6.03 Å². The Hall–Kier alpha value is -1.62. The summed E-state index contributed by atoms with van der Waals surface area (Å²) in [5, 5.41) is 14.5. The molecule has 0 spiro atoms. The van der Waals surface area contributed by atoms with E-state index in [2.05, 4.69) is 10.6 Å². The van der Waals surface area contributed by atoms with Crippen molar-refractivity contribution in [2.45, 2.75) is 40.2 Å². The Labute approximate surface area is 119 Å². The predicted molar refractivity (Wildman–Crippen MR) is 78.2 cm³/mol. The van der Waals surface area contributed by atoms with Gasteiger partial charge in [-0.1, -0.05) is 19.9 Å². The van der Waals surface area contributed by atoms with E-state index in [0.717, 1.165) is 5.56 Å². The van der Waals surface area contributed by atoms with E-state index in [-0.39, 0.29) is 11.1 Å². The van der Waals surface area contributed by atoms with Crippen LogP contribution in [-0.2, 0) is 0 Å². The number of carbonyl (C=O) groups is 1. The lowest BCUT2D eigenvalue weighted by Gasteiger charge is -2.26. The second-order valence-electron chi connectivity index (χ2n) is 6.01. The van der Waals surface area contributed by atoms with Gasteiger partial charge in [0.1, 0.15) is 5.82 Å². The van der Waals surface area contributed by atoms with Crippen LogP contribution >= 0.6 is 0 Å². The second-order valence-corrected chi connectivity index (χ2v) is 6.01. The first-order valence-corrected chi connectivity index (χ1v) is 6.69. The van der Waals surface area contributed by atoms with Gasteiger partial charge in [-0.2, -0.15) is 0 Å². The number of aliphatic hydroxyl groups is 1. The minimum Gasteiger partial charge on any atom is -0.393 e. The third-order valence-electron chi connectivity index (χ3n) is 2.95. The standard InChI is InChI=1S/C15H23FN2O2/c1-10-5-6-13(12(16)7-10)18-14(20)17-9-15(3,4)8-11(2)19/h5-7,11,19H,8-9H2,1-4H3,(H2,17,18,20). The molecule has 20 heavy (non-hydrogen) atoms. The van der Waals surface area contributed by atoms with Gasteiger partial charge in [-0.05, 0) is 43.4 Å². The number of halogens is 1. The molecule has 1 aromatic carbocycles. The summed E-state index contributed by atoms with van der Waals surface area (Å²) >= 11 is 0. The van der Waals surface area contributed by atoms with Gasteiger partial charge in [0, 0.05) is 6.54 Å². The van der Waals surface area contributed by atoms with Gasteiger partial charge in [0.15, 0.2) is 0 Å². The molecule has 0 heterocycles. The van der Waals surface area contributed by atoms with Crippen LogP contribution in [0.15, 0.2) is 18.2 Å². The van der Waals surface area contributed by atoms with E-state index in [1.54, 1.807) is 19.9 Å². The van der Waals surface area contributed by atoms with Gasteiger partial charge in [0.25, 0.3) is 0 Å². The van der Waals surface area contributed by atoms with E-state index in [4.69, 9.17) is 0 Å². The number of benzene rings is 1. The summed E-state index contributed by atoms with van der Waals surface area (Å²) in [4.78, 5) is 11.7. The Bertz CT molecular complexity index is 473. The summed E-state index contributed by atoms with van der Waals surface area (Å²) in [5.41, 5.74) is 0.727. The molecule has 0 radical (unpaired) electrons. The highest BCUT2D eigenvalue weighted by Gasteiger charge is 2.21. The zero-order valence-corrected chi connectivity index (χ0v) is 12.5. The van der Waals surface area contributed by atoms with Gasteiger partial charge < -0.3 is 15.7 Å². The largest absolute Gasteiger partial charge is 0.393 e. The molecule has 4 nitrogen and oxygen atoms in total. The average Bonchev–Trinajstić information content (AvgIpc) is 2.29. The number of rotatable bonds is 5. The molecule has 2 amide bonds. The van der Waals surface area contributed by atoms with Crippen molar-refractivity contribution in [2.24, 2.45) is 5.41 Å². The number of carbonyl (C=O) groups excluding carboxylic acids is 1. The predicted octanol–water partition coefficient (Wildman–Crippen LogP) is 3.05. The van der Waals surface area contributed by atoms with Crippen molar-refractivity contribution in [3.05, 3.63) is 29.6 Å². The topological polar surface area (TPSA) is 61.4 Å². The van der Waals surface area contributed by atoms with Gasteiger partial charge in [0.2, 0.25) is 0 Å². The first kappa shape index (κ1) is 16.4. The highest BCUT2D eigenvalue weighted by Crippen LogP contribution is 2.21. The molecule has 5 heteroatoms. The van der Waals surface area contributed by atoms with Crippen LogP contribution in [0.1, 0.15) is 32.8 Å². The maximum atomic E-state index is 13.6. The quantitative estimate of drug-likeness (QED) is 0.777. The molecule has 1 unspecified atom stereocenters. The van der Waals surface area contributed by atoms with Crippen LogP contribution in [0.2, 0.25) is 0 Å². The van der Waals surface area contributed by atoms with Crippen LogP contribution in [0.4, 0.5) is 14.9 Å². The van der Waals surface area contributed by atoms with Gasteiger partial charge in [0.05, 0.1) is 11.8 Å². The summed E-state index contributed by atoms with van der Waals surface area (Å²) in [6.07, 6.45) is 0.149. The molecule has 1 atom stereocenters. The lowest BCUT2D eigenvalue weighted by Crippen LogP contribution is -2.38. The number of aryl methyl sites for hydroxylation is 1. The Balaban J connectivity index is 2.52. The highest BCUT2D eigenvalue weighted by atomic mass is 19.1. The fraction of sp³-hybridized carbons (Fsp3) is 0.533. The van der Waals surface area contributed by atoms with Crippen LogP contribution in [0.3, 0.4) is 0 Å². The number of amides is 2. The Morgan fingerprint density at radius 1 is 1.45 bits per heavy atom. The minimum atomic E-state index is -0.455. The molecule has 0 fully saturated rings. The van der Waals surface area contributed by atoms with Crippen molar-refractivity contribution in [2.75, 3.05) is 11.9 Å². The SMILES string of the molecule is Cc1ccc(NC(=O)NCC(C)(C)CC(C)O)c(F)c1. The average molecular weight is 282 g/mol. The Kier molecular flexibility index (Phi) is 5.51. The summed E-state index contributed by atoms with van der Waals surface area (Å²) in [7, 11) is 0. The number of anilines is 1. The molecule has 0 aliphatic rings. The van der Waals surface area contributed by atoms with Gasteiger partial charge in [-0.25, -0.2) is 9.18 Å². The molecule has 3 N–H and O–H groups in total. The lowest BCUT2D eigenvalue weighted by molar-refractivity contribution is 0.129. The summed E-state index contributed by atoms with van der Waals surface area (Å²) < 4.78 is 13.6. The maximum absolute atomic E-state index is 13.6. The Morgan fingerprint density at radius 2 is 2.10 bits per heavy atom.